The minimum Gasteiger partial charge on any atom is -0.388 e. The number of likely N-dealkylation sites (tertiary alicyclic amines) is 1. The Morgan fingerprint density at radius 1 is 1.28 bits per heavy atom. The summed E-state index contributed by atoms with van der Waals surface area (Å²) in [7, 11) is 0. The summed E-state index contributed by atoms with van der Waals surface area (Å²) in [4.78, 5) is 48.8. The maximum Gasteiger partial charge on any atom is 0.328 e. The van der Waals surface area contributed by atoms with E-state index in [1.807, 2.05) is 24.3 Å². The number of H-pyrrole nitrogens is 1. The normalized spacial score (nSPS) is 20.9. The highest BCUT2D eigenvalue weighted by molar-refractivity contribution is 5.88. The molecule has 1 saturated heterocycles. The molecular formula is C22H26N6O4. The standard InChI is InChI=1S/C22H26N6O4/c1-22(32)9-12-27(13-17(22)28-11-8-18(29)26-21(28)31)19(30)7-4-10-23-20-15-5-2-3-6-16(15)24-14-25-20/h2-3,5-6,8,11,14,17,32H,4,7,9-10,12-13H2,1H3,(H,23,24,25)(H,26,29,31)/t17-,22-/m1/s1. The number of piperidine rings is 1. The number of hydrogen-bond acceptors (Lipinski definition) is 7. The van der Waals surface area contributed by atoms with Gasteiger partial charge in [-0.1, -0.05) is 12.1 Å². The average Bonchev–Trinajstić information content (AvgIpc) is 2.77. The van der Waals surface area contributed by atoms with Crippen molar-refractivity contribution in [1.29, 1.82) is 0 Å². The predicted molar refractivity (Wildman–Crippen MR) is 119 cm³/mol. The summed E-state index contributed by atoms with van der Waals surface area (Å²) < 4.78 is 1.29. The number of benzene rings is 1. The lowest BCUT2D eigenvalue weighted by Crippen LogP contribution is -2.54. The summed E-state index contributed by atoms with van der Waals surface area (Å²) >= 11 is 0. The summed E-state index contributed by atoms with van der Waals surface area (Å²) in [6.45, 7) is 2.82. The fourth-order valence-corrected chi connectivity index (χ4v) is 4.06. The number of rotatable bonds is 6. The van der Waals surface area contributed by atoms with Gasteiger partial charge in [-0.25, -0.2) is 14.8 Å². The third-order valence-electron chi connectivity index (χ3n) is 5.94. The zero-order valence-electron chi connectivity index (χ0n) is 17.8. The van der Waals surface area contributed by atoms with Gasteiger partial charge in [0.15, 0.2) is 0 Å². The second kappa shape index (κ2) is 8.91. The van der Waals surface area contributed by atoms with Crippen molar-refractivity contribution in [3.8, 4) is 0 Å². The number of para-hydroxylation sites is 1. The van der Waals surface area contributed by atoms with Gasteiger partial charge < -0.3 is 15.3 Å². The highest BCUT2D eigenvalue weighted by atomic mass is 16.3. The Hall–Kier alpha value is -3.53. The van der Waals surface area contributed by atoms with Gasteiger partial charge in [-0.05, 0) is 31.9 Å². The molecule has 0 saturated carbocycles. The van der Waals surface area contributed by atoms with Crippen LogP contribution in [0, 0.1) is 0 Å². The zero-order chi connectivity index (χ0) is 22.7. The monoisotopic (exact) mass is 438 g/mol. The lowest BCUT2D eigenvalue weighted by Gasteiger charge is -2.43. The minimum absolute atomic E-state index is 0.0441. The molecule has 2 atom stereocenters. The number of nitrogens with one attached hydrogen (secondary N) is 2. The summed E-state index contributed by atoms with van der Waals surface area (Å²) in [5, 5.41) is 15.0. The first-order valence-corrected chi connectivity index (χ1v) is 10.6. The molecule has 0 unspecified atom stereocenters. The first-order chi connectivity index (χ1) is 15.3. The maximum absolute atomic E-state index is 12.8. The van der Waals surface area contributed by atoms with E-state index in [-0.39, 0.29) is 12.5 Å². The second-order valence-electron chi connectivity index (χ2n) is 8.25. The van der Waals surface area contributed by atoms with Gasteiger partial charge in [0.2, 0.25) is 5.91 Å². The number of fused-ring (bicyclic) bond motifs is 1. The van der Waals surface area contributed by atoms with Crippen molar-refractivity contribution in [3.63, 3.8) is 0 Å². The molecule has 0 aliphatic carbocycles. The highest BCUT2D eigenvalue weighted by Gasteiger charge is 2.40. The fourth-order valence-electron chi connectivity index (χ4n) is 4.06. The zero-order valence-corrected chi connectivity index (χ0v) is 17.8. The third-order valence-corrected chi connectivity index (χ3v) is 5.94. The van der Waals surface area contributed by atoms with E-state index in [1.165, 1.54) is 23.2 Å². The largest absolute Gasteiger partial charge is 0.388 e. The van der Waals surface area contributed by atoms with Crippen LogP contribution in [0.2, 0.25) is 0 Å². The number of amides is 1. The number of nitrogens with zero attached hydrogens (tertiary/aromatic N) is 4. The van der Waals surface area contributed by atoms with Crippen molar-refractivity contribution in [2.24, 2.45) is 0 Å². The van der Waals surface area contributed by atoms with Gasteiger partial charge in [-0.2, -0.15) is 0 Å². The van der Waals surface area contributed by atoms with Crippen molar-refractivity contribution in [1.82, 2.24) is 24.4 Å². The van der Waals surface area contributed by atoms with Gasteiger partial charge in [0.25, 0.3) is 5.56 Å². The number of carbonyl (C=O) groups excluding carboxylic acids is 1. The predicted octanol–water partition coefficient (Wildman–Crippen LogP) is 0.896. The number of hydrogen-bond donors (Lipinski definition) is 3. The molecule has 3 N–H and O–H groups in total. The lowest BCUT2D eigenvalue weighted by molar-refractivity contribution is -0.138. The van der Waals surface area contributed by atoms with Crippen molar-refractivity contribution in [2.75, 3.05) is 25.0 Å². The van der Waals surface area contributed by atoms with Crippen LogP contribution < -0.4 is 16.6 Å². The van der Waals surface area contributed by atoms with E-state index in [2.05, 4.69) is 20.3 Å². The van der Waals surface area contributed by atoms with E-state index in [1.54, 1.807) is 11.8 Å². The quantitative estimate of drug-likeness (QED) is 0.487. The van der Waals surface area contributed by atoms with Crippen molar-refractivity contribution in [2.45, 2.75) is 37.8 Å². The molecule has 0 radical (unpaired) electrons. The molecule has 3 heterocycles. The van der Waals surface area contributed by atoms with Crippen LogP contribution in [0.3, 0.4) is 0 Å². The van der Waals surface area contributed by atoms with Crippen molar-refractivity contribution >= 4 is 22.6 Å². The summed E-state index contributed by atoms with van der Waals surface area (Å²) in [6.07, 6.45) is 4.14. The van der Waals surface area contributed by atoms with Crippen LogP contribution in [-0.4, -0.2) is 60.7 Å². The highest BCUT2D eigenvalue weighted by Crippen LogP contribution is 2.31. The maximum atomic E-state index is 12.8. The Morgan fingerprint density at radius 2 is 2.09 bits per heavy atom. The molecule has 3 aromatic rings. The van der Waals surface area contributed by atoms with Crippen LogP contribution in [-0.2, 0) is 4.79 Å². The van der Waals surface area contributed by atoms with E-state index < -0.39 is 22.9 Å². The first kappa shape index (κ1) is 21.7. The number of aromatic amines is 1. The molecule has 0 bridgehead atoms. The van der Waals surface area contributed by atoms with Crippen LogP contribution in [0.4, 0.5) is 5.82 Å². The number of anilines is 1. The smallest absolute Gasteiger partial charge is 0.328 e. The van der Waals surface area contributed by atoms with Crippen LogP contribution in [0.1, 0.15) is 32.2 Å². The molecule has 4 rings (SSSR count). The molecule has 1 fully saturated rings. The van der Waals surface area contributed by atoms with Crippen LogP contribution in [0.15, 0.2) is 52.4 Å². The number of carbonyl (C=O) groups is 1. The topological polar surface area (TPSA) is 133 Å². The molecule has 1 aliphatic heterocycles. The SMILES string of the molecule is C[C@@]1(O)CCN(C(=O)CCCNc2ncnc3ccccc23)C[C@H]1n1ccc(=O)[nH]c1=O. The molecule has 32 heavy (non-hydrogen) atoms. The average molecular weight is 438 g/mol. The molecule has 0 spiro atoms. The van der Waals surface area contributed by atoms with Gasteiger partial charge in [0.05, 0.1) is 17.2 Å². The van der Waals surface area contributed by atoms with E-state index >= 15 is 0 Å². The molecule has 1 aliphatic rings. The van der Waals surface area contributed by atoms with Crippen LogP contribution in [0.25, 0.3) is 10.9 Å². The Kier molecular flexibility index (Phi) is 6.04. The van der Waals surface area contributed by atoms with Gasteiger partial charge in [-0.15, -0.1) is 0 Å². The molecule has 10 nitrogen and oxygen atoms in total. The van der Waals surface area contributed by atoms with Crippen molar-refractivity contribution in [3.05, 3.63) is 63.7 Å². The van der Waals surface area contributed by atoms with Gasteiger partial charge in [-0.3, -0.25) is 19.1 Å². The van der Waals surface area contributed by atoms with Gasteiger partial charge >= 0.3 is 5.69 Å². The molecule has 1 aromatic carbocycles. The van der Waals surface area contributed by atoms with Crippen LogP contribution in [0.5, 0.6) is 0 Å². The van der Waals surface area contributed by atoms with Crippen LogP contribution >= 0.6 is 0 Å². The molecule has 168 valence electrons. The summed E-state index contributed by atoms with van der Waals surface area (Å²) in [5.41, 5.74) is -1.42. The number of aliphatic hydroxyl groups is 1. The number of aromatic nitrogens is 4. The summed E-state index contributed by atoms with van der Waals surface area (Å²) in [5.74, 6) is 0.687. The van der Waals surface area contributed by atoms with E-state index in [9.17, 15) is 19.5 Å². The first-order valence-electron chi connectivity index (χ1n) is 10.6. The van der Waals surface area contributed by atoms with Gasteiger partial charge in [0, 0.05) is 43.7 Å². The van der Waals surface area contributed by atoms with E-state index in [0.717, 1.165) is 16.7 Å². The summed E-state index contributed by atoms with van der Waals surface area (Å²) in [6, 6.07) is 8.30. The minimum atomic E-state index is -1.17. The molecule has 1 amide bonds. The van der Waals surface area contributed by atoms with Gasteiger partial charge in [0.1, 0.15) is 12.1 Å². The lowest BCUT2D eigenvalue weighted by atomic mass is 9.88. The second-order valence-corrected chi connectivity index (χ2v) is 8.25. The molecule has 10 heteroatoms. The van der Waals surface area contributed by atoms with Crippen molar-refractivity contribution < 1.29 is 9.90 Å². The fraction of sp³-hybridized carbons (Fsp3) is 0.409. The van der Waals surface area contributed by atoms with E-state index in [4.69, 9.17) is 0 Å². The Balaban J connectivity index is 1.36. The molecular weight excluding hydrogens is 412 g/mol. The van der Waals surface area contributed by atoms with E-state index in [0.29, 0.717) is 32.4 Å². The Morgan fingerprint density at radius 3 is 2.91 bits per heavy atom. The molecule has 2 aromatic heterocycles. The third kappa shape index (κ3) is 4.54. The Bertz CT molecular complexity index is 1230. The Labute approximate surface area is 183 Å².